The summed E-state index contributed by atoms with van der Waals surface area (Å²) >= 11 is 0. The van der Waals surface area contributed by atoms with Gasteiger partial charge in [-0.3, -0.25) is 4.98 Å². The van der Waals surface area contributed by atoms with Crippen molar-refractivity contribution in [3.05, 3.63) is 42.2 Å². The van der Waals surface area contributed by atoms with Gasteiger partial charge >= 0.3 is 0 Å². The van der Waals surface area contributed by atoms with Crippen LogP contribution < -0.4 is 10.5 Å². The molecule has 0 bridgehead atoms. The number of hydrogen-bond donors (Lipinski definition) is 2. The Hall–Kier alpha value is -1.50. The van der Waals surface area contributed by atoms with Crippen LogP contribution in [0, 0.1) is 0 Å². The third-order valence-electron chi connectivity index (χ3n) is 2.82. The van der Waals surface area contributed by atoms with Crippen molar-refractivity contribution >= 4 is 20.8 Å². The smallest absolute Gasteiger partial charge is 0.209 e. The Morgan fingerprint density at radius 1 is 1.21 bits per heavy atom. The lowest BCUT2D eigenvalue weighted by Crippen LogP contribution is -2.22. The molecule has 0 amide bonds. The highest BCUT2D eigenvalue weighted by atomic mass is 32.2. The molecule has 0 aliphatic carbocycles. The first-order valence-electron chi connectivity index (χ1n) is 6.08. The minimum absolute atomic E-state index is 0.0173. The van der Waals surface area contributed by atoms with Crippen LogP contribution in [-0.2, 0) is 16.6 Å². The van der Waals surface area contributed by atoms with Crippen LogP contribution in [0.15, 0.2) is 36.7 Å². The summed E-state index contributed by atoms with van der Waals surface area (Å²) in [7, 11) is -3.34. The van der Waals surface area contributed by atoms with Gasteiger partial charge in [-0.15, -0.1) is 0 Å². The number of nitrogens with zero attached hydrogens (tertiary/aromatic N) is 1. The molecular formula is C13H17N3O2S. The van der Waals surface area contributed by atoms with Gasteiger partial charge in [-0.1, -0.05) is 12.1 Å². The van der Waals surface area contributed by atoms with Crippen molar-refractivity contribution < 1.29 is 8.42 Å². The quantitative estimate of drug-likeness (QED) is 0.773. The van der Waals surface area contributed by atoms with E-state index in [1.54, 1.807) is 6.20 Å². The molecule has 0 saturated carbocycles. The van der Waals surface area contributed by atoms with E-state index in [1.807, 2.05) is 24.4 Å². The number of nitrogens with two attached hydrogens (primary N) is 1. The van der Waals surface area contributed by atoms with Crippen LogP contribution in [0.5, 0.6) is 0 Å². The number of nitrogens with one attached hydrogen (secondary N) is 1. The van der Waals surface area contributed by atoms with Crippen molar-refractivity contribution in [1.29, 1.82) is 0 Å². The van der Waals surface area contributed by atoms with Gasteiger partial charge in [-0.25, -0.2) is 13.6 Å². The Kier molecular flexibility index (Phi) is 4.47. The Morgan fingerprint density at radius 2 is 2.05 bits per heavy atom. The molecule has 5 nitrogen and oxygen atoms in total. The molecule has 1 aromatic heterocycles. The number of benzene rings is 1. The van der Waals surface area contributed by atoms with Crippen molar-refractivity contribution in [3.63, 3.8) is 0 Å². The summed E-state index contributed by atoms with van der Waals surface area (Å²) in [5, 5.41) is 10.4. The third kappa shape index (κ3) is 4.59. The van der Waals surface area contributed by atoms with Crippen molar-refractivity contribution in [2.45, 2.75) is 13.0 Å². The van der Waals surface area contributed by atoms with Gasteiger partial charge in [0.15, 0.2) is 0 Å². The maximum Gasteiger partial charge on any atom is 0.209 e. The second kappa shape index (κ2) is 6.10. The number of pyridine rings is 1. The molecule has 2 rings (SSSR count). The lowest BCUT2D eigenvalue weighted by Gasteiger charge is -2.05. The van der Waals surface area contributed by atoms with Crippen LogP contribution in [0.25, 0.3) is 10.8 Å². The van der Waals surface area contributed by atoms with E-state index in [0.717, 1.165) is 16.3 Å². The Balaban J connectivity index is 1.85. The molecule has 1 aromatic carbocycles. The van der Waals surface area contributed by atoms with Crippen molar-refractivity contribution in [1.82, 2.24) is 10.3 Å². The molecule has 2 aromatic rings. The topological polar surface area (TPSA) is 85.1 Å². The van der Waals surface area contributed by atoms with Gasteiger partial charge in [0.1, 0.15) is 0 Å². The predicted molar refractivity (Wildman–Crippen MR) is 76.0 cm³/mol. The van der Waals surface area contributed by atoms with Gasteiger partial charge in [-0.2, -0.15) is 0 Å². The largest absolute Gasteiger partial charge is 0.313 e. The molecule has 0 unspecified atom stereocenters. The van der Waals surface area contributed by atoms with Crippen LogP contribution in [0.1, 0.15) is 12.0 Å². The zero-order valence-corrected chi connectivity index (χ0v) is 11.4. The Bertz CT molecular complexity index is 656. The standard InChI is InChI=1S/C13H17N3O2S/c14-19(17,18)7-1-5-15-9-11-2-3-13-10-16-6-4-12(13)8-11/h2-4,6,8,10,15H,1,5,7,9H2,(H2,14,17,18). The number of aromatic nitrogens is 1. The lowest BCUT2D eigenvalue weighted by molar-refractivity contribution is 0.590. The van der Waals surface area contributed by atoms with Crippen LogP contribution in [0.3, 0.4) is 0 Å². The van der Waals surface area contributed by atoms with Gasteiger partial charge < -0.3 is 5.32 Å². The molecule has 102 valence electrons. The number of rotatable bonds is 6. The van der Waals surface area contributed by atoms with E-state index in [2.05, 4.69) is 16.4 Å². The molecule has 0 radical (unpaired) electrons. The Morgan fingerprint density at radius 3 is 2.84 bits per heavy atom. The highest BCUT2D eigenvalue weighted by molar-refractivity contribution is 7.89. The van der Waals surface area contributed by atoms with Crippen LogP contribution in [-0.4, -0.2) is 25.7 Å². The summed E-state index contributed by atoms with van der Waals surface area (Å²) in [6.07, 6.45) is 4.13. The molecule has 3 N–H and O–H groups in total. The molecule has 19 heavy (non-hydrogen) atoms. The van der Waals surface area contributed by atoms with Crippen molar-refractivity contribution in [3.8, 4) is 0 Å². The van der Waals surface area contributed by atoms with Crippen LogP contribution >= 0.6 is 0 Å². The molecule has 0 saturated heterocycles. The zero-order chi connectivity index (χ0) is 13.7. The average molecular weight is 279 g/mol. The van der Waals surface area contributed by atoms with E-state index in [0.29, 0.717) is 19.5 Å². The zero-order valence-electron chi connectivity index (χ0n) is 10.5. The Labute approximate surface area is 112 Å². The molecule has 0 atom stereocenters. The van der Waals surface area contributed by atoms with Gasteiger partial charge in [0.2, 0.25) is 10.0 Å². The van der Waals surface area contributed by atoms with Crippen LogP contribution in [0.2, 0.25) is 0 Å². The molecular weight excluding hydrogens is 262 g/mol. The third-order valence-corrected chi connectivity index (χ3v) is 3.67. The van der Waals surface area contributed by atoms with E-state index < -0.39 is 10.0 Å². The summed E-state index contributed by atoms with van der Waals surface area (Å²) < 4.78 is 21.5. The first-order chi connectivity index (χ1) is 9.04. The van der Waals surface area contributed by atoms with Gasteiger partial charge in [0.05, 0.1) is 5.75 Å². The van der Waals surface area contributed by atoms with E-state index in [-0.39, 0.29) is 5.75 Å². The van der Waals surface area contributed by atoms with E-state index in [9.17, 15) is 8.42 Å². The first-order valence-corrected chi connectivity index (χ1v) is 7.80. The SMILES string of the molecule is NS(=O)(=O)CCCNCc1ccc2cnccc2c1. The highest BCUT2D eigenvalue weighted by Crippen LogP contribution is 2.14. The average Bonchev–Trinajstić information content (AvgIpc) is 2.37. The van der Waals surface area contributed by atoms with E-state index >= 15 is 0 Å². The highest BCUT2D eigenvalue weighted by Gasteiger charge is 2.01. The second-order valence-electron chi connectivity index (χ2n) is 4.45. The van der Waals surface area contributed by atoms with Crippen molar-refractivity contribution in [2.24, 2.45) is 5.14 Å². The second-order valence-corrected chi connectivity index (χ2v) is 6.19. The lowest BCUT2D eigenvalue weighted by atomic mass is 10.1. The van der Waals surface area contributed by atoms with Gasteiger partial charge in [0, 0.05) is 24.3 Å². The summed E-state index contributed by atoms with van der Waals surface area (Å²) in [6.45, 7) is 1.34. The molecule has 0 aliphatic rings. The summed E-state index contributed by atoms with van der Waals surface area (Å²) in [5.74, 6) is 0.0173. The maximum atomic E-state index is 10.8. The van der Waals surface area contributed by atoms with E-state index in [1.165, 1.54) is 0 Å². The molecule has 0 spiro atoms. The fourth-order valence-electron chi connectivity index (χ4n) is 1.87. The monoisotopic (exact) mass is 279 g/mol. The summed E-state index contributed by atoms with van der Waals surface area (Å²) in [6, 6.07) is 8.14. The number of hydrogen-bond acceptors (Lipinski definition) is 4. The number of fused-ring (bicyclic) bond motifs is 1. The molecule has 0 aliphatic heterocycles. The number of primary sulfonamides is 1. The fourth-order valence-corrected chi connectivity index (χ4v) is 2.42. The number of sulfonamides is 1. The maximum absolute atomic E-state index is 10.8. The minimum Gasteiger partial charge on any atom is -0.313 e. The molecule has 6 heteroatoms. The van der Waals surface area contributed by atoms with Crippen LogP contribution in [0.4, 0.5) is 0 Å². The summed E-state index contributed by atoms with van der Waals surface area (Å²) in [4.78, 5) is 4.07. The van der Waals surface area contributed by atoms with Gasteiger partial charge in [-0.05, 0) is 36.0 Å². The molecule has 1 heterocycles. The van der Waals surface area contributed by atoms with E-state index in [4.69, 9.17) is 5.14 Å². The fraction of sp³-hybridized carbons (Fsp3) is 0.308. The first kappa shape index (κ1) is 13.9. The minimum atomic E-state index is -3.34. The predicted octanol–water partition coefficient (Wildman–Crippen LogP) is 1.00. The van der Waals surface area contributed by atoms with Crippen molar-refractivity contribution in [2.75, 3.05) is 12.3 Å². The summed E-state index contributed by atoms with van der Waals surface area (Å²) in [5.41, 5.74) is 1.16. The normalized spacial score (nSPS) is 11.8. The molecule has 0 fully saturated rings. The van der Waals surface area contributed by atoms with Gasteiger partial charge in [0.25, 0.3) is 0 Å².